The van der Waals surface area contributed by atoms with Crippen molar-refractivity contribution >= 4 is 49.7 Å². The van der Waals surface area contributed by atoms with Crippen LogP contribution in [0.2, 0.25) is 5.02 Å². The SMILES string of the molecule is COc1ccc(-c2cn3c(n2)sc2cc(C(=O)Nc4cc(Cl)ccc4C)ccc23)cc1. The molecule has 0 fully saturated rings. The topological polar surface area (TPSA) is 55.6 Å². The Morgan fingerprint density at radius 3 is 2.68 bits per heavy atom. The number of methoxy groups -OCH3 is 1. The molecule has 3 aromatic carbocycles. The Kier molecular flexibility index (Phi) is 4.88. The Balaban J connectivity index is 1.46. The zero-order valence-electron chi connectivity index (χ0n) is 16.8. The van der Waals surface area contributed by atoms with Crippen molar-refractivity contribution in [2.75, 3.05) is 12.4 Å². The van der Waals surface area contributed by atoms with Crippen molar-refractivity contribution in [2.45, 2.75) is 6.92 Å². The first-order chi connectivity index (χ1) is 15.0. The number of anilines is 1. The number of rotatable bonds is 4. The zero-order chi connectivity index (χ0) is 21.5. The molecule has 0 saturated carbocycles. The van der Waals surface area contributed by atoms with E-state index in [4.69, 9.17) is 21.3 Å². The first kappa shape index (κ1) is 19.6. The highest BCUT2D eigenvalue weighted by molar-refractivity contribution is 7.23. The third kappa shape index (κ3) is 3.65. The highest BCUT2D eigenvalue weighted by atomic mass is 35.5. The molecule has 0 aliphatic rings. The Hall–Kier alpha value is -3.35. The third-order valence-electron chi connectivity index (χ3n) is 5.19. The number of nitrogens with zero attached hydrogens (tertiary/aromatic N) is 2. The molecule has 5 rings (SSSR count). The number of ether oxygens (including phenoxy) is 1. The van der Waals surface area contributed by atoms with Crippen LogP contribution in [0.15, 0.2) is 66.9 Å². The number of halogens is 1. The molecule has 0 radical (unpaired) electrons. The van der Waals surface area contributed by atoms with Crippen LogP contribution in [0.5, 0.6) is 5.75 Å². The summed E-state index contributed by atoms with van der Waals surface area (Å²) in [5.74, 6) is 0.645. The number of thiazole rings is 1. The van der Waals surface area contributed by atoms with Crippen molar-refractivity contribution < 1.29 is 9.53 Å². The average molecular weight is 448 g/mol. The fraction of sp³-hybridized carbons (Fsp3) is 0.0833. The predicted octanol–water partition coefficient (Wildman–Crippen LogP) is 6.44. The minimum atomic E-state index is -0.169. The molecule has 0 aliphatic heterocycles. The molecule has 0 unspecified atom stereocenters. The number of carbonyl (C=O) groups is 1. The van der Waals surface area contributed by atoms with E-state index in [9.17, 15) is 4.79 Å². The fourth-order valence-electron chi connectivity index (χ4n) is 3.47. The molecule has 1 amide bonds. The van der Waals surface area contributed by atoms with E-state index in [-0.39, 0.29) is 5.91 Å². The van der Waals surface area contributed by atoms with Crippen molar-refractivity contribution in [3.63, 3.8) is 0 Å². The van der Waals surface area contributed by atoms with Crippen molar-refractivity contribution in [3.8, 4) is 17.0 Å². The number of aryl methyl sites for hydroxylation is 1. The molecule has 2 heterocycles. The van der Waals surface area contributed by atoms with Crippen molar-refractivity contribution in [1.82, 2.24) is 9.38 Å². The lowest BCUT2D eigenvalue weighted by Crippen LogP contribution is -2.12. The van der Waals surface area contributed by atoms with E-state index < -0.39 is 0 Å². The van der Waals surface area contributed by atoms with Gasteiger partial charge in [0.25, 0.3) is 5.91 Å². The molecular formula is C24H18ClN3O2S. The molecule has 0 spiro atoms. The minimum absolute atomic E-state index is 0.169. The highest BCUT2D eigenvalue weighted by Gasteiger charge is 2.14. The number of hydrogen-bond acceptors (Lipinski definition) is 4. The number of imidazole rings is 1. The molecule has 5 aromatic rings. The number of benzene rings is 3. The van der Waals surface area contributed by atoms with Gasteiger partial charge in [0.05, 0.1) is 23.0 Å². The number of aromatic nitrogens is 2. The van der Waals surface area contributed by atoms with Crippen LogP contribution in [0.4, 0.5) is 5.69 Å². The van der Waals surface area contributed by atoms with Crippen molar-refractivity contribution in [2.24, 2.45) is 0 Å². The van der Waals surface area contributed by atoms with Crippen molar-refractivity contribution in [1.29, 1.82) is 0 Å². The molecule has 7 heteroatoms. The molecule has 0 atom stereocenters. The van der Waals surface area contributed by atoms with Gasteiger partial charge in [0, 0.05) is 28.0 Å². The quantitative estimate of drug-likeness (QED) is 0.345. The Morgan fingerprint density at radius 2 is 1.90 bits per heavy atom. The smallest absolute Gasteiger partial charge is 0.255 e. The van der Waals surface area contributed by atoms with Crippen LogP contribution in [0.1, 0.15) is 15.9 Å². The first-order valence-corrected chi connectivity index (χ1v) is 10.8. The van der Waals surface area contributed by atoms with E-state index in [1.54, 1.807) is 30.6 Å². The largest absolute Gasteiger partial charge is 0.497 e. The average Bonchev–Trinajstić information content (AvgIpc) is 3.34. The van der Waals surface area contributed by atoms with Crippen LogP contribution in [-0.4, -0.2) is 22.4 Å². The molecule has 0 bridgehead atoms. The maximum atomic E-state index is 12.8. The molecule has 0 aliphatic carbocycles. The molecule has 0 saturated heterocycles. The zero-order valence-corrected chi connectivity index (χ0v) is 18.4. The Morgan fingerprint density at radius 1 is 1.10 bits per heavy atom. The van der Waals surface area contributed by atoms with Gasteiger partial charge >= 0.3 is 0 Å². The fourth-order valence-corrected chi connectivity index (χ4v) is 4.69. The number of hydrogen-bond donors (Lipinski definition) is 1. The van der Waals surface area contributed by atoms with Gasteiger partial charge in [0.2, 0.25) is 0 Å². The first-order valence-electron chi connectivity index (χ1n) is 9.65. The van der Waals surface area contributed by atoms with Gasteiger partial charge in [-0.05, 0) is 67.1 Å². The molecule has 2 aromatic heterocycles. The normalized spacial score (nSPS) is 11.2. The predicted molar refractivity (Wildman–Crippen MR) is 127 cm³/mol. The van der Waals surface area contributed by atoms with Gasteiger partial charge in [-0.25, -0.2) is 4.98 Å². The number of fused-ring (bicyclic) bond motifs is 3. The van der Waals surface area contributed by atoms with Gasteiger partial charge in [-0.3, -0.25) is 9.20 Å². The van der Waals surface area contributed by atoms with Gasteiger partial charge in [-0.1, -0.05) is 29.0 Å². The van der Waals surface area contributed by atoms with Crippen molar-refractivity contribution in [3.05, 3.63) is 83.0 Å². The second kappa shape index (κ2) is 7.72. The molecule has 31 heavy (non-hydrogen) atoms. The van der Waals surface area contributed by atoms with E-state index in [0.29, 0.717) is 16.3 Å². The van der Waals surface area contributed by atoms with Crippen LogP contribution in [-0.2, 0) is 0 Å². The molecule has 5 nitrogen and oxygen atoms in total. The standard InChI is InChI=1S/C24H18ClN3O2S/c1-14-3-7-17(25)12-19(14)26-23(29)16-6-10-21-22(11-16)31-24-27-20(13-28(21)24)15-4-8-18(30-2)9-5-15/h3-13H,1-2H3,(H,26,29). The van der Waals surface area contributed by atoms with Gasteiger partial charge < -0.3 is 10.1 Å². The van der Waals surface area contributed by atoms with E-state index in [1.807, 2.05) is 61.7 Å². The van der Waals surface area contributed by atoms with E-state index in [0.717, 1.165) is 37.7 Å². The summed E-state index contributed by atoms with van der Waals surface area (Å²) in [7, 11) is 1.65. The summed E-state index contributed by atoms with van der Waals surface area (Å²) in [4.78, 5) is 18.4. The monoisotopic (exact) mass is 447 g/mol. The lowest BCUT2D eigenvalue weighted by molar-refractivity contribution is 0.102. The minimum Gasteiger partial charge on any atom is -0.497 e. The highest BCUT2D eigenvalue weighted by Crippen LogP contribution is 2.31. The maximum absolute atomic E-state index is 12.8. The molecule has 154 valence electrons. The maximum Gasteiger partial charge on any atom is 0.255 e. The van der Waals surface area contributed by atoms with Gasteiger partial charge in [-0.15, -0.1) is 0 Å². The Bertz CT molecular complexity index is 1440. The van der Waals surface area contributed by atoms with E-state index in [1.165, 1.54) is 0 Å². The summed E-state index contributed by atoms with van der Waals surface area (Å²) >= 11 is 7.62. The summed E-state index contributed by atoms with van der Waals surface area (Å²) < 4.78 is 8.28. The van der Waals surface area contributed by atoms with Crippen LogP contribution in [0.25, 0.3) is 26.4 Å². The van der Waals surface area contributed by atoms with Gasteiger partial charge in [-0.2, -0.15) is 0 Å². The van der Waals surface area contributed by atoms with Crippen LogP contribution >= 0.6 is 22.9 Å². The number of nitrogens with one attached hydrogen (secondary N) is 1. The van der Waals surface area contributed by atoms with E-state index >= 15 is 0 Å². The second-order valence-electron chi connectivity index (χ2n) is 7.21. The third-order valence-corrected chi connectivity index (χ3v) is 6.44. The van der Waals surface area contributed by atoms with Gasteiger partial charge in [0.15, 0.2) is 4.96 Å². The summed E-state index contributed by atoms with van der Waals surface area (Å²) in [6, 6.07) is 19.0. The number of amides is 1. The Labute approximate surface area is 187 Å². The lowest BCUT2D eigenvalue weighted by atomic mass is 10.1. The van der Waals surface area contributed by atoms with Crippen LogP contribution in [0, 0.1) is 6.92 Å². The summed E-state index contributed by atoms with van der Waals surface area (Å²) in [6.07, 6.45) is 2.02. The lowest BCUT2D eigenvalue weighted by Gasteiger charge is -2.09. The number of carbonyl (C=O) groups excluding carboxylic acids is 1. The van der Waals surface area contributed by atoms with E-state index in [2.05, 4.69) is 9.72 Å². The summed E-state index contributed by atoms with van der Waals surface area (Å²) in [5, 5.41) is 3.53. The molecule has 1 N–H and O–H groups in total. The summed E-state index contributed by atoms with van der Waals surface area (Å²) in [5.41, 5.74) is 5.20. The van der Waals surface area contributed by atoms with Gasteiger partial charge in [0.1, 0.15) is 5.75 Å². The van der Waals surface area contributed by atoms with Crippen LogP contribution < -0.4 is 10.1 Å². The molecular weight excluding hydrogens is 430 g/mol. The summed E-state index contributed by atoms with van der Waals surface area (Å²) in [6.45, 7) is 1.93. The van der Waals surface area contributed by atoms with Crippen LogP contribution in [0.3, 0.4) is 0 Å². The second-order valence-corrected chi connectivity index (χ2v) is 8.65.